The molecule has 0 bridgehead atoms. The Bertz CT molecular complexity index is 508. The van der Waals surface area contributed by atoms with Crippen LogP contribution in [0.5, 0.6) is 0 Å². The first-order chi connectivity index (χ1) is 9.12. The van der Waals surface area contributed by atoms with Gasteiger partial charge in [-0.2, -0.15) is 4.98 Å². The van der Waals surface area contributed by atoms with Crippen molar-refractivity contribution in [3.05, 3.63) is 47.6 Å². The van der Waals surface area contributed by atoms with Gasteiger partial charge < -0.3 is 15.0 Å². The summed E-state index contributed by atoms with van der Waals surface area (Å²) in [6, 6.07) is 9.97. The molecule has 2 N–H and O–H groups in total. The van der Waals surface area contributed by atoms with Gasteiger partial charge in [0.05, 0.1) is 13.0 Å². The molecule has 2 rings (SSSR count). The van der Waals surface area contributed by atoms with Crippen molar-refractivity contribution >= 4 is 0 Å². The average Bonchev–Trinajstić information content (AvgIpc) is 2.87. The highest BCUT2D eigenvalue weighted by atomic mass is 16.5. The molecule has 0 saturated heterocycles. The van der Waals surface area contributed by atoms with Crippen LogP contribution in [0, 0.1) is 0 Å². The van der Waals surface area contributed by atoms with Crippen LogP contribution >= 0.6 is 0 Å². The predicted molar refractivity (Wildman–Crippen MR) is 71.6 cm³/mol. The molecular weight excluding hydrogens is 242 g/mol. The molecule has 1 heterocycles. The highest BCUT2D eigenvalue weighted by Crippen LogP contribution is 2.16. The molecule has 0 amide bonds. The summed E-state index contributed by atoms with van der Waals surface area (Å²) in [5.41, 5.74) is 6.52. The van der Waals surface area contributed by atoms with Gasteiger partial charge in [0, 0.05) is 6.61 Å². The Balaban J connectivity index is 2.06. The molecule has 2 aromatic rings. The van der Waals surface area contributed by atoms with Crippen molar-refractivity contribution in [2.24, 2.45) is 5.73 Å². The van der Waals surface area contributed by atoms with Crippen LogP contribution < -0.4 is 5.73 Å². The fourth-order valence-corrected chi connectivity index (χ4v) is 1.71. The second kappa shape index (κ2) is 5.95. The van der Waals surface area contributed by atoms with E-state index in [1.54, 1.807) is 0 Å². The van der Waals surface area contributed by atoms with Crippen molar-refractivity contribution in [2.75, 3.05) is 13.2 Å². The van der Waals surface area contributed by atoms with E-state index in [-0.39, 0.29) is 0 Å². The largest absolute Gasteiger partial charge is 0.379 e. The van der Waals surface area contributed by atoms with Gasteiger partial charge in [-0.1, -0.05) is 35.5 Å². The third-order valence-corrected chi connectivity index (χ3v) is 2.78. The summed E-state index contributed by atoms with van der Waals surface area (Å²) in [4.78, 5) is 4.35. The molecule has 0 saturated carbocycles. The van der Waals surface area contributed by atoms with Crippen LogP contribution in [0.2, 0.25) is 0 Å². The number of hydrogen-bond acceptors (Lipinski definition) is 5. The SMILES string of the molecule is CCOCC(C)(N)c1noc(Cc2ccccc2)n1. The van der Waals surface area contributed by atoms with Crippen LogP contribution in [0.25, 0.3) is 0 Å². The van der Waals surface area contributed by atoms with Crippen molar-refractivity contribution in [2.45, 2.75) is 25.8 Å². The molecule has 5 nitrogen and oxygen atoms in total. The molecule has 102 valence electrons. The second-order valence-corrected chi connectivity index (χ2v) is 4.73. The average molecular weight is 261 g/mol. The predicted octanol–water partition coefficient (Wildman–Crippen LogP) is 1.87. The molecule has 1 aromatic heterocycles. The first-order valence-electron chi connectivity index (χ1n) is 6.35. The van der Waals surface area contributed by atoms with Gasteiger partial charge >= 0.3 is 0 Å². The monoisotopic (exact) mass is 261 g/mol. The Labute approximate surface area is 112 Å². The summed E-state index contributed by atoms with van der Waals surface area (Å²) in [5.74, 6) is 1.04. The van der Waals surface area contributed by atoms with E-state index in [1.807, 2.05) is 44.2 Å². The van der Waals surface area contributed by atoms with Gasteiger partial charge in [0.25, 0.3) is 0 Å². The summed E-state index contributed by atoms with van der Waals surface area (Å²) >= 11 is 0. The first kappa shape index (κ1) is 13.7. The molecule has 0 aliphatic carbocycles. The maximum Gasteiger partial charge on any atom is 0.231 e. The Morgan fingerprint density at radius 1 is 1.32 bits per heavy atom. The van der Waals surface area contributed by atoms with Crippen molar-refractivity contribution in [1.82, 2.24) is 10.1 Å². The Hall–Kier alpha value is -1.72. The van der Waals surface area contributed by atoms with Crippen LogP contribution in [0.15, 0.2) is 34.9 Å². The van der Waals surface area contributed by atoms with E-state index in [1.165, 1.54) is 0 Å². The van der Waals surface area contributed by atoms with Crippen molar-refractivity contribution in [1.29, 1.82) is 0 Å². The summed E-state index contributed by atoms with van der Waals surface area (Å²) in [6.07, 6.45) is 0.610. The van der Waals surface area contributed by atoms with E-state index >= 15 is 0 Å². The Morgan fingerprint density at radius 2 is 2.05 bits per heavy atom. The Kier molecular flexibility index (Phi) is 4.29. The van der Waals surface area contributed by atoms with Gasteiger partial charge in [-0.15, -0.1) is 0 Å². The minimum atomic E-state index is -0.728. The number of hydrogen-bond donors (Lipinski definition) is 1. The summed E-state index contributed by atoms with van der Waals surface area (Å²) in [5, 5.41) is 3.95. The van der Waals surface area contributed by atoms with E-state index in [0.717, 1.165) is 5.56 Å². The summed E-state index contributed by atoms with van der Waals surface area (Å²) in [6.45, 7) is 4.74. The van der Waals surface area contributed by atoms with E-state index in [0.29, 0.717) is 31.3 Å². The molecular formula is C14H19N3O2. The lowest BCUT2D eigenvalue weighted by atomic mass is 10.1. The number of nitrogens with two attached hydrogens (primary N) is 1. The molecule has 0 fully saturated rings. The highest BCUT2D eigenvalue weighted by molar-refractivity contribution is 5.18. The molecule has 0 aliphatic rings. The topological polar surface area (TPSA) is 74.2 Å². The number of aromatic nitrogens is 2. The zero-order valence-electron chi connectivity index (χ0n) is 11.3. The zero-order valence-corrected chi connectivity index (χ0v) is 11.3. The molecule has 0 radical (unpaired) electrons. The maximum absolute atomic E-state index is 6.12. The standard InChI is InChI=1S/C14H19N3O2/c1-3-18-10-14(2,15)13-16-12(19-17-13)9-11-7-5-4-6-8-11/h4-8H,3,9-10,15H2,1-2H3. The summed E-state index contributed by atoms with van der Waals surface area (Å²) in [7, 11) is 0. The highest BCUT2D eigenvalue weighted by Gasteiger charge is 2.27. The van der Waals surface area contributed by atoms with E-state index in [2.05, 4.69) is 10.1 Å². The number of rotatable bonds is 6. The van der Waals surface area contributed by atoms with E-state index < -0.39 is 5.54 Å². The van der Waals surface area contributed by atoms with Crippen LogP contribution in [0.3, 0.4) is 0 Å². The van der Waals surface area contributed by atoms with Gasteiger partial charge in [-0.3, -0.25) is 0 Å². The summed E-state index contributed by atoms with van der Waals surface area (Å²) < 4.78 is 10.6. The quantitative estimate of drug-likeness (QED) is 0.859. The Morgan fingerprint density at radius 3 is 2.74 bits per heavy atom. The fourth-order valence-electron chi connectivity index (χ4n) is 1.71. The van der Waals surface area contributed by atoms with Crippen molar-refractivity contribution in [3.63, 3.8) is 0 Å². The van der Waals surface area contributed by atoms with Gasteiger partial charge in [-0.25, -0.2) is 0 Å². The van der Waals surface area contributed by atoms with Crippen molar-refractivity contribution in [3.8, 4) is 0 Å². The number of benzene rings is 1. The number of ether oxygens (including phenoxy) is 1. The van der Waals surface area contributed by atoms with Gasteiger partial charge in [0.2, 0.25) is 5.89 Å². The molecule has 1 atom stereocenters. The lowest BCUT2D eigenvalue weighted by molar-refractivity contribution is 0.0962. The lowest BCUT2D eigenvalue weighted by Crippen LogP contribution is -2.39. The second-order valence-electron chi connectivity index (χ2n) is 4.73. The molecule has 5 heteroatoms. The van der Waals surface area contributed by atoms with Gasteiger partial charge in [0.1, 0.15) is 5.54 Å². The zero-order chi connectivity index (χ0) is 13.7. The fraction of sp³-hybridized carbons (Fsp3) is 0.429. The van der Waals surface area contributed by atoms with E-state index in [9.17, 15) is 0 Å². The van der Waals surface area contributed by atoms with Crippen LogP contribution in [-0.4, -0.2) is 23.4 Å². The van der Waals surface area contributed by atoms with Crippen LogP contribution in [-0.2, 0) is 16.7 Å². The number of nitrogens with zero attached hydrogens (tertiary/aromatic N) is 2. The molecule has 0 spiro atoms. The van der Waals surface area contributed by atoms with Crippen LogP contribution in [0.4, 0.5) is 0 Å². The van der Waals surface area contributed by atoms with E-state index in [4.69, 9.17) is 15.0 Å². The minimum absolute atomic E-state index is 0.369. The molecule has 0 aliphatic heterocycles. The third kappa shape index (κ3) is 3.62. The molecule has 19 heavy (non-hydrogen) atoms. The maximum atomic E-state index is 6.12. The van der Waals surface area contributed by atoms with Crippen LogP contribution in [0.1, 0.15) is 31.1 Å². The van der Waals surface area contributed by atoms with Gasteiger partial charge in [-0.05, 0) is 19.4 Å². The minimum Gasteiger partial charge on any atom is -0.379 e. The smallest absolute Gasteiger partial charge is 0.231 e. The lowest BCUT2D eigenvalue weighted by Gasteiger charge is -2.19. The van der Waals surface area contributed by atoms with Crippen molar-refractivity contribution < 1.29 is 9.26 Å². The molecule has 1 aromatic carbocycles. The molecule has 1 unspecified atom stereocenters. The third-order valence-electron chi connectivity index (χ3n) is 2.78. The first-order valence-corrected chi connectivity index (χ1v) is 6.35. The van der Waals surface area contributed by atoms with Gasteiger partial charge in [0.15, 0.2) is 5.82 Å². The normalized spacial score (nSPS) is 14.3.